The van der Waals surface area contributed by atoms with Gasteiger partial charge in [0.05, 0.1) is 12.0 Å². The standard InChI is InChI=1S/C22H25FN4O3/c23-18-8-6-16(7-9-18)21-13-19(26-30-21)20(28)5-3-1-2-4-12-27-14-17(15-27)22(29)25-11-10-24/h6-9,13,17H,1-5,11-12,14-15H2,(H,25,29). The molecule has 1 aromatic heterocycles. The minimum atomic E-state index is -0.329. The fourth-order valence-electron chi connectivity index (χ4n) is 3.45. The lowest BCUT2D eigenvalue weighted by Crippen LogP contribution is -2.53. The van der Waals surface area contributed by atoms with Crippen molar-refractivity contribution in [1.29, 1.82) is 5.26 Å². The Morgan fingerprint density at radius 3 is 2.67 bits per heavy atom. The number of nitrogens with zero attached hydrogens (tertiary/aromatic N) is 3. The summed E-state index contributed by atoms with van der Waals surface area (Å²) >= 11 is 0. The van der Waals surface area contributed by atoms with E-state index in [1.165, 1.54) is 12.1 Å². The Hall–Kier alpha value is -3.05. The summed E-state index contributed by atoms with van der Waals surface area (Å²) < 4.78 is 18.2. The van der Waals surface area contributed by atoms with Crippen LogP contribution in [0.1, 0.15) is 42.6 Å². The molecular weight excluding hydrogens is 387 g/mol. The second kappa shape index (κ2) is 10.6. The van der Waals surface area contributed by atoms with Gasteiger partial charge in [0.1, 0.15) is 18.1 Å². The van der Waals surface area contributed by atoms with Gasteiger partial charge in [-0.3, -0.25) is 9.59 Å². The first kappa shape index (κ1) is 21.7. The zero-order valence-corrected chi connectivity index (χ0v) is 16.8. The molecule has 0 unspecified atom stereocenters. The summed E-state index contributed by atoms with van der Waals surface area (Å²) in [5, 5.41) is 14.9. The van der Waals surface area contributed by atoms with Gasteiger partial charge in [0.25, 0.3) is 0 Å². The van der Waals surface area contributed by atoms with E-state index in [1.807, 2.05) is 6.07 Å². The van der Waals surface area contributed by atoms with Gasteiger partial charge in [0, 0.05) is 31.1 Å². The van der Waals surface area contributed by atoms with E-state index in [-0.39, 0.29) is 30.0 Å². The molecule has 1 aliphatic rings. The van der Waals surface area contributed by atoms with Crippen LogP contribution < -0.4 is 5.32 Å². The molecule has 3 rings (SSSR count). The molecule has 0 aliphatic carbocycles. The summed E-state index contributed by atoms with van der Waals surface area (Å²) in [6.45, 7) is 2.51. The highest BCUT2D eigenvalue weighted by Gasteiger charge is 2.31. The summed E-state index contributed by atoms with van der Waals surface area (Å²) in [6, 6.07) is 9.35. The molecule has 1 amide bonds. The number of unbranched alkanes of at least 4 members (excludes halogenated alkanes) is 3. The van der Waals surface area contributed by atoms with Crippen molar-refractivity contribution in [2.45, 2.75) is 32.1 Å². The molecule has 0 bridgehead atoms. The monoisotopic (exact) mass is 412 g/mol. The second-order valence-corrected chi connectivity index (χ2v) is 7.50. The average Bonchev–Trinajstić information content (AvgIpc) is 3.20. The Morgan fingerprint density at radius 1 is 1.20 bits per heavy atom. The van der Waals surface area contributed by atoms with Gasteiger partial charge >= 0.3 is 0 Å². The third-order valence-electron chi connectivity index (χ3n) is 5.22. The lowest BCUT2D eigenvalue weighted by molar-refractivity contribution is -0.129. The van der Waals surface area contributed by atoms with Crippen LogP contribution >= 0.6 is 0 Å². The summed E-state index contributed by atoms with van der Waals surface area (Å²) in [4.78, 5) is 26.2. The number of carbonyl (C=O) groups excluding carboxylic acids is 2. The number of hydrogen-bond acceptors (Lipinski definition) is 6. The third-order valence-corrected chi connectivity index (χ3v) is 5.22. The van der Waals surface area contributed by atoms with E-state index in [1.54, 1.807) is 18.2 Å². The number of Topliss-reactive ketones (excluding diaryl/α,β-unsaturated/α-hetero) is 1. The molecule has 1 aromatic carbocycles. The van der Waals surface area contributed by atoms with Crippen LogP contribution in [0.15, 0.2) is 34.9 Å². The summed E-state index contributed by atoms with van der Waals surface area (Å²) in [6.07, 6.45) is 4.21. The third kappa shape index (κ3) is 5.97. The average molecular weight is 412 g/mol. The van der Waals surface area contributed by atoms with E-state index in [0.29, 0.717) is 23.4 Å². The molecule has 8 heteroatoms. The largest absolute Gasteiger partial charge is 0.356 e. The van der Waals surface area contributed by atoms with Gasteiger partial charge in [-0.1, -0.05) is 18.0 Å². The van der Waals surface area contributed by atoms with Gasteiger partial charge in [-0.15, -0.1) is 0 Å². The number of aromatic nitrogens is 1. The van der Waals surface area contributed by atoms with Gasteiger partial charge < -0.3 is 14.7 Å². The van der Waals surface area contributed by atoms with Crippen LogP contribution in [0.4, 0.5) is 4.39 Å². The fraction of sp³-hybridized carbons (Fsp3) is 0.455. The smallest absolute Gasteiger partial charge is 0.226 e. The Bertz CT molecular complexity index is 898. The SMILES string of the molecule is N#CCNC(=O)C1CN(CCCCCCC(=O)c2cc(-c3ccc(F)cc3)on2)C1. The van der Waals surface area contributed by atoms with Crippen LogP contribution in [0.3, 0.4) is 0 Å². The molecule has 0 saturated carbocycles. The molecule has 2 heterocycles. The van der Waals surface area contributed by atoms with E-state index in [4.69, 9.17) is 9.78 Å². The maximum absolute atomic E-state index is 13.0. The van der Waals surface area contributed by atoms with Crippen LogP contribution in [-0.4, -0.2) is 47.9 Å². The number of carbonyl (C=O) groups is 2. The van der Waals surface area contributed by atoms with Crippen molar-refractivity contribution in [2.75, 3.05) is 26.2 Å². The second-order valence-electron chi connectivity index (χ2n) is 7.50. The highest BCUT2D eigenvalue weighted by Crippen LogP contribution is 2.22. The number of nitrogens with one attached hydrogen (secondary N) is 1. The van der Waals surface area contributed by atoms with Gasteiger partial charge in [0.15, 0.2) is 11.5 Å². The van der Waals surface area contributed by atoms with Crippen molar-refractivity contribution in [3.63, 3.8) is 0 Å². The number of nitriles is 1. The first-order valence-corrected chi connectivity index (χ1v) is 10.2. The number of hydrogen-bond donors (Lipinski definition) is 1. The zero-order chi connectivity index (χ0) is 21.3. The fourth-order valence-corrected chi connectivity index (χ4v) is 3.45. The molecule has 2 aromatic rings. The molecular formula is C22H25FN4O3. The number of halogens is 1. The lowest BCUT2D eigenvalue weighted by atomic mass is 9.98. The predicted molar refractivity (Wildman–Crippen MR) is 108 cm³/mol. The molecule has 1 saturated heterocycles. The molecule has 158 valence electrons. The molecule has 1 N–H and O–H groups in total. The van der Waals surface area contributed by atoms with Gasteiger partial charge in [-0.25, -0.2) is 4.39 Å². The topological polar surface area (TPSA) is 99.2 Å². The summed E-state index contributed by atoms with van der Waals surface area (Å²) in [7, 11) is 0. The van der Waals surface area contributed by atoms with Crippen LogP contribution in [-0.2, 0) is 4.79 Å². The summed E-state index contributed by atoms with van der Waals surface area (Å²) in [5.41, 5.74) is 0.981. The van der Waals surface area contributed by atoms with Crippen molar-refractivity contribution in [3.8, 4) is 17.4 Å². The van der Waals surface area contributed by atoms with Gasteiger partial charge in [-0.2, -0.15) is 5.26 Å². The van der Waals surface area contributed by atoms with Crippen molar-refractivity contribution in [1.82, 2.24) is 15.4 Å². The van der Waals surface area contributed by atoms with Gasteiger partial charge in [0.2, 0.25) is 5.91 Å². The van der Waals surface area contributed by atoms with E-state index in [2.05, 4.69) is 15.4 Å². The highest BCUT2D eigenvalue weighted by atomic mass is 19.1. The minimum Gasteiger partial charge on any atom is -0.356 e. The Morgan fingerprint density at radius 2 is 1.93 bits per heavy atom. The maximum Gasteiger partial charge on any atom is 0.226 e. The van der Waals surface area contributed by atoms with E-state index in [9.17, 15) is 14.0 Å². The quantitative estimate of drug-likeness (QED) is 0.346. The van der Waals surface area contributed by atoms with Crippen molar-refractivity contribution >= 4 is 11.7 Å². The Labute approximate surface area is 174 Å². The first-order valence-electron chi connectivity index (χ1n) is 10.2. The van der Waals surface area contributed by atoms with Crippen LogP contribution in [0.2, 0.25) is 0 Å². The molecule has 30 heavy (non-hydrogen) atoms. The molecule has 1 aliphatic heterocycles. The van der Waals surface area contributed by atoms with E-state index >= 15 is 0 Å². The van der Waals surface area contributed by atoms with Crippen LogP contribution in [0, 0.1) is 23.1 Å². The number of likely N-dealkylation sites (tertiary alicyclic amines) is 1. The molecule has 7 nitrogen and oxygen atoms in total. The number of ketones is 1. The predicted octanol–water partition coefficient (Wildman–Crippen LogP) is 3.19. The Kier molecular flexibility index (Phi) is 7.69. The maximum atomic E-state index is 13.0. The van der Waals surface area contributed by atoms with Crippen molar-refractivity contribution in [2.24, 2.45) is 5.92 Å². The minimum absolute atomic E-state index is 0.00164. The van der Waals surface area contributed by atoms with Gasteiger partial charge in [-0.05, 0) is 43.7 Å². The van der Waals surface area contributed by atoms with E-state index in [0.717, 1.165) is 45.3 Å². The Balaban J connectivity index is 1.27. The molecule has 0 atom stereocenters. The molecule has 0 radical (unpaired) electrons. The summed E-state index contributed by atoms with van der Waals surface area (Å²) in [5.74, 6) is 0.0261. The lowest BCUT2D eigenvalue weighted by Gasteiger charge is -2.38. The van der Waals surface area contributed by atoms with Crippen LogP contribution in [0.5, 0.6) is 0 Å². The highest BCUT2D eigenvalue weighted by molar-refractivity contribution is 5.94. The zero-order valence-electron chi connectivity index (χ0n) is 16.8. The number of benzene rings is 1. The van der Waals surface area contributed by atoms with Crippen molar-refractivity contribution < 1.29 is 18.5 Å². The van der Waals surface area contributed by atoms with Crippen LogP contribution in [0.25, 0.3) is 11.3 Å². The normalized spacial score (nSPS) is 14.1. The number of amides is 1. The number of rotatable bonds is 11. The van der Waals surface area contributed by atoms with Crippen molar-refractivity contribution in [3.05, 3.63) is 41.8 Å². The van der Waals surface area contributed by atoms with E-state index < -0.39 is 0 Å². The molecule has 1 fully saturated rings. The molecule has 0 spiro atoms. The first-order chi connectivity index (χ1) is 14.6.